The van der Waals surface area contributed by atoms with Crippen LogP contribution < -0.4 is 5.32 Å². The molecule has 0 unspecified atom stereocenters. The quantitative estimate of drug-likeness (QED) is 0.758. The molecule has 0 aliphatic heterocycles. The van der Waals surface area contributed by atoms with Crippen LogP contribution in [0.25, 0.3) is 0 Å². The highest BCUT2D eigenvalue weighted by Gasteiger charge is 2.07. The third-order valence-corrected chi connectivity index (χ3v) is 1.61. The van der Waals surface area contributed by atoms with Crippen LogP contribution in [0.5, 0.6) is 0 Å². The smallest absolute Gasteiger partial charge is 0.271 e. The van der Waals surface area contributed by atoms with E-state index in [2.05, 4.69) is 15.3 Å². The second kappa shape index (κ2) is 4.88. The average molecular weight is 216 g/mol. The minimum atomic E-state index is -0.584. The molecule has 1 aromatic rings. The lowest BCUT2D eigenvalue weighted by molar-refractivity contribution is 0.0918. The minimum Gasteiger partial charge on any atom is -0.392 e. The zero-order valence-electron chi connectivity index (χ0n) is 7.57. The van der Waals surface area contributed by atoms with E-state index in [-0.39, 0.29) is 23.3 Å². The van der Waals surface area contributed by atoms with Crippen LogP contribution in [0.15, 0.2) is 12.4 Å². The lowest BCUT2D eigenvalue weighted by Crippen LogP contribution is -2.31. The number of amides is 1. The van der Waals surface area contributed by atoms with Gasteiger partial charge in [-0.1, -0.05) is 11.6 Å². The van der Waals surface area contributed by atoms with Gasteiger partial charge >= 0.3 is 0 Å². The van der Waals surface area contributed by atoms with Crippen LogP contribution in [0.4, 0.5) is 0 Å². The van der Waals surface area contributed by atoms with Crippen molar-refractivity contribution in [3.05, 3.63) is 23.2 Å². The van der Waals surface area contributed by atoms with Gasteiger partial charge in [0.25, 0.3) is 5.91 Å². The van der Waals surface area contributed by atoms with Gasteiger partial charge < -0.3 is 10.4 Å². The van der Waals surface area contributed by atoms with Crippen molar-refractivity contribution in [2.24, 2.45) is 0 Å². The first kappa shape index (κ1) is 10.9. The number of aromatic nitrogens is 2. The van der Waals surface area contributed by atoms with E-state index < -0.39 is 6.10 Å². The van der Waals surface area contributed by atoms with Crippen molar-refractivity contribution in [3.8, 4) is 0 Å². The number of hydrogen-bond acceptors (Lipinski definition) is 4. The summed E-state index contributed by atoms with van der Waals surface area (Å²) in [6.07, 6.45) is 1.98. The molecule has 1 heterocycles. The van der Waals surface area contributed by atoms with Crippen LogP contribution in [0.1, 0.15) is 17.4 Å². The summed E-state index contributed by atoms with van der Waals surface area (Å²) in [6.45, 7) is 1.76. The normalized spacial score (nSPS) is 12.2. The molecule has 0 aliphatic carbocycles. The molecular weight excluding hydrogens is 206 g/mol. The SMILES string of the molecule is C[C@H](O)CNC(=O)c1cnc(Cl)cn1. The summed E-state index contributed by atoms with van der Waals surface area (Å²) >= 11 is 5.50. The van der Waals surface area contributed by atoms with Gasteiger partial charge in [-0.3, -0.25) is 4.79 Å². The second-order valence-corrected chi connectivity index (χ2v) is 3.17. The van der Waals surface area contributed by atoms with E-state index in [0.29, 0.717) is 0 Å². The van der Waals surface area contributed by atoms with E-state index >= 15 is 0 Å². The highest BCUT2D eigenvalue weighted by atomic mass is 35.5. The summed E-state index contributed by atoms with van der Waals surface area (Å²) in [5.41, 5.74) is 0.176. The van der Waals surface area contributed by atoms with Gasteiger partial charge in [0, 0.05) is 6.54 Å². The highest BCUT2D eigenvalue weighted by molar-refractivity contribution is 6.29. The van der Waals surface area contributed by atoms with Crippen molar-refractivity contribution in [1.29, 1.82) is 0 Å². The Morgan fingerprint density at radius 2 is 2.36 bits per heavy atom. The average Bonchev–Trinajstić information content (AvgIpc) is 2.15. The fourth-order valence-corrected chi connectivity index (χ4v) is 0.858. The highest BCUT2D eigenvalue weighted by Crippen LogP contribution is 2.00. The number of nitrogens with zero attached hydrogens (tertiary/aromatic N) is 2. The molecule has 1 rings (SSSR count). The molecule has 1 atom stereocenters. The fourth-order valence-electron chi connectivity index (χ4n) is 0.760. The summed E-state index contributed by atoms with van der Waals surface area (Å²) in [6, 6.07) is 0. The predicted octanol–water partition coefficient (Wildman–Crippen LogP) is 0.241. The van der Waals surface area contributed by atoms with Crippen LogP contribution in [0.2, 0.25) is 5.15 Å². The number of hydrogen-bond donors (Lipinski definition) is 2. The number of nitrogens with one attached hydrogen (secondary N) is 1. The van der Waals surface area contributed by atoms with Gasteiger partial charge in [0.2, 0.25) is 0 Å². The van der Waals surface area contributed by atoms with E-state index in [9.17, 15) is 4.79 Å². The number of halogens is 1. The Bertz CT molecular complexity index is 313. The first-order chi connectivity index (χ1) is 6.59. The molecule has 6 heteroatoms. The van der Waals surface area contributed by atoms with Crippen molar-refractivity contribution in [2.75, 3.05) is 6.54 Å². The molecule has 5 nitrogen and oxygen atoms in total. The van der Waals surface area contributed by atoms with Gasteiger partial charge in [-0.15, -0.1) is 0 Å². The predicted molar refractivity (Wildman–Crippen MR) is 51.1 cm³/mol. The first-order valence-electron chi connectivity index (χ1n) is 4.03. The summed E-state index contributed by atoms with van der Waals surface area (Å²) in [7, 11) is 0. The molecule has 2 N–H and O–H groups in total. The second-order valence-electron chi connectivity index (χ2n) is 2.78. The molecule has 0 radical (unpaired) electrons. The van der Waals surface area contributed by atoms with Gasteiger partial charge in [-0.2, -0.15) is 0 Å². The zero-order chi connectivity index (χ0) is 10.6. The number of rotatable bonds is 3. The maximum absolute atomic E-state index is 11.3. The number of aliphatic hydroxyl groups is 1. The molecule has 76 valence electrons. The lowest BCUT2D eigenvalue weighted by Gasteiger charge is -2.05. The van der Waals surface area contributed by atoms with Crippen LogP contribution in [0.3, 0.4) is 0 Å². The Morgan fingerprint density at radius 1 is 1.64 bits per heavy atom. The molecular formula is C8H10ClN3O2. The summed E-state index contributed by atoms with van der Waals surface area (Å²) in [5, 5.41) is 11.6. The van der Waals surface area contributed by atoms with Crippen molar-refractivity contribution in [2.45, 2.75) is 13.0 Å². The largest absolute Gasteiger partial charge is 0.392 e. The molecule has 0 fully saturated rings. The molecule has 1 amide bonds. The van der Waals surface area contributed by atoms with Gasteiger partial charge in [-0.25, -0.2) is 9.97 Å². The monoisotopic (exact) mass is 215 g/mol. The summed E-state index contributed by atoms with van der Waals surface area (Å²) in [4.78, 5) is 18.8. The molecule has 14 heavy (non-hydrogen) atoms. The van der Waals surface area contributed by atoms with Crippen molar-refractivity contribution in [3.63, 3.8) is 0 Å². The van der Waals surface area contributed by atoms with Crippen LogP contribution in [-0.4, -0.2) is 33.6 Å². The number of carbonyl (C=O) groups is 1. The Balaban J connectivity index is 2.57. The summed E-state index contributed by atoms with van der Waals surface area (Å²) < 4.78 is 0. The van der Waals surface area contributed by atoms with Crippen LogP contribution in [-0.2, 0) is 0 Å². The lowest BCUT2D eigenvalue weighted by atomic mass is 10.3. The summed E-state index contributed by atoms with van der Waals surface area (Å²) in [5.74, 6) is -0.380. The van der Waals surface area contributed by atoms with Gasteiger partial charge in [0.1, 0.15) is 10.8 Å². The van der Waals surface area contributed by atoms with Crippen molar-refractivity contribution >= 4 is 17.5 Å². The van der Waals surface area contributed by atoms with E-state index in [1.54, 1.807) is 6.92 Å². The van der Waals surface area contributed by atoms with Gasteiger partial charge in [-0.05, 0) is 6.92 Å². The van der Waals surface area contributed by atoms with Crippen molar-refractivity contribution < 1.29 is 9.90 Å². The molecule has 0 saturated carbocycles. The number of aliphatic hydroxyl groups excluding tert-OH is 1. The third kappa shape index (κ3) is 3.27. The number of carbonyl (C=O) groups excluding carboxylic acids is 1. The van der Waals surface area contributed by atoms with E-state index in [1.165, 1.54) is 12.4 Å². The van der Waals surface area contributed by atoms with E-state index in [0.717, 1.165) is 0 Å². The molecule has 0 aliphatic rings. The van der Waals surface area contributed by atoms with Crippen molar-refractivity contribution in [1.82, 2.24) is 15.3 Å². The Kier molecular flexibility index (Phi) is 3.79. The fraction of sp³-hybridized carbons (Fsp3) is 0.375. The first-order valence-corrected chi connectivity index (χ1v) is 4.41. The maximum Gasteiger partial charge on any atom is 0.271 e. The van der Waals surface area contributed by atoms with Gasteiger partial charge in [0.15, 0.2) is 0 Å². The van der Waals surface area contributed by atoms with Crippen LogP contribution >= 0.6 is 11.6 Å². The molecule has 1 aromatic heterocycles. The van der Waals surface area contributed by atoms with E-state index in [1.807, 2.05) is 0 Å². The Hall–Kier alpha value is -1.20. The third-order valence-electron chi connectivity index (χ3n) is 1.41. The van der Waals surface area contributed by atoms with Gasteiger partial charge in [0.05, 0.1) is 18.5 Å². The van der Waals surface area contributed by atoms with Crippen LogP contribution in [0, 0.1) is 0 Å². The Labute approximate surface area is 86.1 Å². The molecule has 0 aromatic carbocycles. The van der Waals surface area contributed by atoms with E-state index in [4.69, 9.17) is 16.7 Å². The zero-order valence-corrected chi connectivity index (χ0v) is 8.32. The maximum atomic E-state index is 11.3. The standard InChI is InChI=1S/C8H10ClN3O2/c1-5(13)2-12-8(14)6-3-11-7(9)4-10-6/h3-5,13H,2H2,1H3,(H,12,14)/t5-/m0/s1. The molecule has 0 saturated heterocycles. The molecule has 0 spiro atoms. The topological polar surface area (TPSA) is 75.1 Å². The minimum absolute atomic E-state index is 0.176. The Morgan fingerprint density at radius 3 is 2.86 bits per heavy atom. The molecule has 0 bridgehead atoms.